The van der Waals surface area contributed by atoms with Crippen LogP contribution in [0.2, 0.25) is 0 Å². The van der Waals surface area contributed by atoms with Crippen LogP contribution in [-0.2, 0) is 0 Å². The van der Waals surface area contributed by atoms with E-state index < -0.39 is 17.5 Å². The Kier molecular flexibility index (Phi) is 3.32. The second-order valence-corrected chi connectivity index (χ2v) is 3.78. The number of hydrogen-bond acceptors (Lipinski definition) is 2. The van der Waals surface area contributed by atoms with Crippen LogP contribution in [-0.4, -0.2) is 10.9 Å². The van der Waals surface area contributed by atoms with Gasteiger partial charge in [0.15, 0.2) is 0 Å². The SMILES string of the molecule is Cc1cccc(C(=O)Nc2cncc(F)c2)c1F. The Morgan fingerprint density at radius 1 is 1.28 bits per heavy atom. The zero-order valence-corrected chi connectivity index (χ0v) is 9.58. The molecule has 92 valence electrons. The molecule has 1 amide bonds. The summed E-state index contributed by atoms with van der Waals surface area (Å²) in [5.74, 6) is -1.79. The van der Waals surface area contributed by atoms with Crippen molar-refractivity contribution >= 4 is 11.6 Å². The Morgan fingerprint density at radius 2 is 2.06 bits per heavy atom. The van der Waals surface area contributed by atoms with Gasteiger partial charge in [0.25, 0.3) is 5.91 Å². The maximum Gasteiger partial charge on any atom is 0.258 e. The second-order valence-electron chi connectivity index (χ2n) is 3.78. The van der Waals surface area contributed by atoms with Crippen molar-refractivity contribution in [2.24, 2.45) is 0 Å². The zero-order valence-electron chi connectivity index (χ0n) is 9.58. The zero-order chi connectivity index (χ0) is 13.1. The van der Waals surface area contributed by atoms with E-state index >= 15 is 0 Å². The van der Waals surface area contributed by atoms with Crippen molar-refractivity contribution in [1.29, 1.82) is 0 Å². The van der Waals surface area contributed by atoms with Crippen LogP contribution in [0.15, 0.2) is 36.7 Å². The van der Waals surface area contributed by atoms with E-state index in [2.05, 4.69) is 10.3 Å². The lowest BCUT2D eigenvalue weighted by Gasteiger charge is -2.07. The molecule has 0 spiro atoms. The molecular weight excluding hydrogens is 238 g/mol. The summed E-state index contributed by atoms with van der Waals surface area (Å²) in [5.41, 5.74) is 0.472. The van der Waals surface area contributed by atoms with Gasteiger partial charge in [-0.3, -0.25) is 9.78 Å². The molecule has 0 radical (unpaired) electrons. The molecule has 0 aliphatic rings. The summed E-state index contributed by atoms with van der Waals surface area (Å²) in [6, 6.07) is 5.62. The van der Waals surface area contributed by atoms with Gasteiger partial charge in [0.05, 0.1) is 23.6 Å². The molecule has 0 saturated carbocycles. The van der Waals surface area contributed by atoms with Crippen LogP contribution in [0, 0.1) is 18.6 Å². The predicted molar refractivity (Wildman–Crippen MR) is 63.3 cm³/mol. The lowest BCUT2D eigenvalue weighted by molar-refractivity contribution is 0.102. The highest BCUT2D eigenvalue weighted by Gasteiger charge is 2.13. The fraction of sp³-hybridized carbons (Fsp3) is 0.0769. The molecule has 18 heavy (non-hydrogen) atoms. The monoisotopic (exact) mass is 248 g/mol. The summed E-state index contributed by atoms with van der Waals surface area (Å²) in [4.78, 5) is 15.4. The van der Waals surface area contributed by atoms with E-state index in [0.717, 1.165) is 12.3 Å². The third-order valence-electron chi connectivity index (χ3n) is 2.40. The molecule has 3 nitrogen and oxygen atoms in total. The number of aromatic nitrogens is 1. The van der Waals surface area contributed by atoms with Crippen molar-refractivity contribution < 1.29 is 13.6 Å². The molecule has 0 saturated heterocycles. The highest BCUT2D eigenvalue weighted by atomic mass is 19.1. The first-order valence-electron chi connectivity index (χ1n) is 5.25. The van der Waals surface area contributed by atoms with Crippen molar-refractivity contribution in [2.45, 2.75) is 6.92 Å². The molecule has 0 bridgehead atoms. The van der Waals surface area contributed by atoms with Gasteiger partial charge in [0.1, 0.15) is 11.6 Å². The van der Waals surface area contributed by atoms with E-state index in [0.29, 0.717) is 5.56 Å². The van der Waals surface area contributed by atoms with Crippen LogP contribution < -0.4 is 5.32 Å². The molecule has 0 fully saturated rings. The maximum atomic E-state index is 13.7. The molecule has 0 atom stereocenters. The van der Waals surface area contributed by atoms with Crippen LogP contribution >= 0.6 is 0 Å². The fourth-order valence-corrected chi connectivity index (χ4v) is 1.50. The largest absolute Gasteiger partial charge is 0.320 e. The summed E-state index contributed by atoms with van der Waals surface area (Å²) in [6.07, 6.45) is 2.30. The van der Waals surface area contributed by atoms with E-state index in [1.165, 1.54) is 12.3 Å². The number of benzene rings is 1. The van der Waals surface area contributed by atoms with Crippen LogP contribution in [0.5, 0.6) is 0 Å². The van der Waals surface area contributed by atoms with Gasteiger partial charge >= 0.3 is 0 Å². The number of nitrogens with zero attached hydrogens (tertiary/aromatic N) is 1. The molecule has 1 heterocycles. The summed E-state index contributed by atoms with van der Waals surface area (Å²) >= 11 is 0. The van der Waals surface area contributed by atoms with Gasteiger partial charge in [-0.05, 0) is 18.6 Å². The van der Waals surface area contributed by atoms with Gasteiger partial charge in [0.2, 0.25) is 0 Å². The van der Waals surface area contributed by atoms with Crippen LogP contribution in [0.25, 0.3) is 0 Å². The molecule has 5 heteroatoms. The Balaban J connectivity index is 2.25. The third kappa shape index (κ3) is 2.51. The third-order valence-corrected chi connectivity index (χ3v) is 2.40. The number of nitrogens with one attached hydrogen (secondary N) is 1. The molecule has 0 unspecified atom stereocenters. The molecule has 1 aromatic carbocycles. The van der Waals surface area contributed by atoms with Crippen LogP contribution in [0.4, 0.5) is 14.5 Å². The minimum atomic E-state index is -0.636. The molecule has 1 aromatic heterocycles. The number of amides is 1. The van der Waals surface area contributed by atoms with Gasteiger partial charge in [-0.1, -0.05) is 12.1 Å². The Labute approximate surface area is 102 Å². The van der Waals surface area contributed by atoms with E-state index in [4.69, 9.17) is 0 Å². The smallest absolute Gasteiger partial charge is 0.258 e. The number of anilines is 1. The van der Waals surface area contributed by atoms with Crippen molar-refractivity contribution in [1.82, 2.24) is 4.98 Å². The summed E-state index contributed by atoms with van der Waals surface area (Å²) < 4.78 is 26.6. The highest BCUT2D eigenvalue weighted by Crippen LogP contribution is 2.14. The molecule has 2 aromatic rings. The molecule has 0 aliphatic heterocycles. The lowest BCUT2D eigenvalue weighted by atomic mass is 10.1. The van der Waals surface area contributed by atoms with Gasteiger partial charge in [-0.2, -0.15) is 0 Å². The van der Waals surface area contributed by atoms with E-state index in [9.17, 15) is 13.6 Å². The molecular formula is C13H10F2N2O. The number of carbonyl (C=O) groups is 1. The van der Waals surface area contributed by atoms with Crippen LogP contribution in [0.1, 0.15) is 15.9 Å². The first-order chi connectivity index (χ1) is 8.58. The Hall–Kier alpha value is -2.30. The molecule has 2 rings (SSSR count). The summed E-state index contributed by atoms with van der Waals surface area (Å²) in [6.45, 7) is 1.57. The maximum absolute atomic E-state index is 13.7. The van der Waals surface area contributed by atoms with Gasteiger partial charge < -0.3 is 5.32 Å². The van der Waals surface area contributed by atoms with Crippen molar-refractivity contribution in [3.63, 3.8) is 0 Å². The average molecular weight is 248 g/mol. The quantitative estimate of drug-likeness (QED) is 0.887. The number of rotatable bonds is 2. The standard InChI is InChI=1S/C13H10F2N2O/c1-8-3-2-4-11(12(8)15)13(18)17-10-5-9(14)6-16-7-10/h2-7H,1H3,(H,17,18). The fourth-order valence-electron chi connectivity index (χ4n) is 1.50. The van der Waals surface area contributed by atoms with E-state index in [1.54, 1.807) is 19.1 Å². The van der Waals surface area contributed by atoms with Crippen molar-refractivity contribution in [3.8, 4) is 0 Å². The summed E-state index contributed by atoms with van der Waals surface area (Å²) in [7, 11) is 0. The van der Waals surface area contributed by atoms with Crippen LogP contribution in [0.3, 0.4) is 0 Å². The first kappa shape index (κ1) is 12.2. The van der Waals surface area contributed by atoms with E-state index in [-0.39, 0.29) is 11.3 Å². The van der Waals surface area contributed by atoms with E-state index in [1.807, 2.05) is 0 Å². The topological polar surface area (TPSA) is 42.0 Å². The predicted octanol–water partition coefficient (Wildman–Crippen LogP) is 2.92. The average Bonchev–Trinajstić information content (AvgIpc) is 2.32. The molecule has 1 N–H and O–H groups in total. The number of halogens is 2. The van der Waals surface area contributed by atoms with Crippen molar-refractivity contribution in [2.75, 3.05) is 5.32 Å². The normalized spacial score (nSPS) is 10.2. The number of hydrogen-bond donors (Lipinski definition) is 1. The van der Waals surface area contributed by atoms with Gasteiger partial charge in [-0.15, -0.1) is 0 Å². The first-order valence-corrected chi connectivity index (χ1v) is 5.25. The molecule has 0 aliphatic carbocycles. The highest BCUT2D eigenvalue weighted by molar-refractivity contribution is 6.04. The Morgan fingerprint density at radius 3 is 2.78 bits per heavy atom. The Bertz CT molecular complexity index is 599. The van der Waals surface area contributed by atoms with Gasteiger partial charge in [0, 0.05) is 6.07 Å². The minimum absolute atomic E-state index is 0.0840. The van der Waals surface area contributed by atoms with Crippen molar-refractivity contribution in [3.05, 3.63) is 59.4 Å². The summed E-state index contributed by atoms with van der Waals surface area (Å²) in [5, 5.41) is 2.39. The lowest BCUT2D eigenvalue weighted by Crippen LogP contribution is -2.14. The van der Waals surface area contributed by atoms with Gasteiger partial charge in [-0.25, -0.2) is 8.78 Å². The number of carbonyl (C=O) groups excluding carboxylic acids is 1. The number of aryl methyl sites for hydroxylation is 1. The minimum Gasteiger partial charge on any atom is -0.320 e. The second kappa shape index (κ2) is 4.91. The number of pyridine rings is 1.